The summed E-state index contributed by atoms with van der Waals surface area (Å²) in [5.41, 5.74) is 8.52. The second-order valence-corrected chi connectivity index (χ2v) is 7.40. The normalized spacial score (nSPS) is 16.1. The van der Waals surface area contributed by atoms with Gasteiger partial charge in [0, 0.05) is 18.8 Å². The predicted molar refractivity (Wildman–Crippen MR) is 78.1 cm³/mol. The summed E-state index contributed by atoms with van der Waals surface area (Å²) in [6.07, 6.45) is 2.48. The maximum absolute atomic E-state index is 11.9. The first-order valence-corrected chi connectivity index (χ1v) is 6.97. The molecule has 1 aliphatic heterocycles. The molecule has 0 spiro atoms. The highest BCUT2D eigenvalue weighted by molar-refractivity contribution is 5.83. The molecule has 1 rings (SSSR count). The van der Waals surface area contributed by atoms with E-state index < -0.39 is 0 Å². The summed E-state index contributed by atoms with van der Waals surface area (Å²) < 4.78 is 0. The number of Topliss-reactive ketones (excluding diaryl/α,β-unsaturated/α-hetero) is 1. The highest BCUT2D eigenvalue weighted by Gasteiger charge is 2.32. The van der Waals surface area contributed by atoms with Gasteiger partial charge in [0.05, 0.1) is 0 Å². The number of amidine groups is 1. The summed E-state index contributed by atoms with van der Waals surface area (Å²) in [7, 11) is 0. The number of nitrogens with one attached hydrogen (secondary N) is 3. The second-order valence-electron chi connectivity index (χ2n) is 7.40. The third kappa shape index (κ3) is 5.59. The van der Waals surface area contributed by atoms with Crippen molar-refractivity contribution in [2.24, 2.45) is 21.8 Å². The number of rotatable bonds is 7. The number of hydrogen-bond donors (Lipinski definition) is 3. The van der Waals surface area contributed by atoms with E-state index in [1.807, 2.05) is 13.8 Å². The summed E-state index contributed by atoms with van der Waals surface area (Å²) in [6, 6.07) is 0. The molecule has 0 fully saturated rings. The van der Waals surface area contributed by atoms with Gasteiger partial charge >= 0.3 is 0 Å². The van der Waals surface area contributed by atoms with E-state index in [9.17, 15) is 4.79 Å². The van der Waals surface area contributed by atoms with Gasteiger partial charge in [0.2, 0.25) is 0 Å². The minimum atomic E-state index is 0.0187. The van der Waals surface area contributed by atoms with E-state index in [1.54, 1.807) is 0 Å². The lowest BCUT2D eigenvalue weighted by atomic mass is 9.70. The Morgan fingerprint density at radius 3 is 2.32 bits per heavy atom. The van der Waals surface area contributed by atoms with Gasteiger partial charge < -0.3 is 0 Å². The van der Waals surface area contributed by atoms with Crippen molar-refractivity contribution in [3.63, 3.8) is 0 Å². The van der Waals surface area contributed by atoms with E-state index in [0.29, 0.717) is 12.2 Å². The van der Waals surface area contributed by atoms with Crippen LogP contribution in [-0.2, 0) is 4.79 Å². The van der Waals surface area contributed by atoms with Crippen molar-refractivity contribution in [3.05, 3.63) is 0 Å². The Hall–Kier alpha value is -1.10. The fourth-order valence-corrected chi connectivity index (χ4v) is 2.86. The molecule has 19 heavy (non-hydrogen) atoms. The molecule has 1 aliphatic rings. The Morgan fingerprint density at radius 2 is 1.84 bits per heavy atom. The molecular weight excluding hydrogens is 240 g/mol. The molecule has 0 radical (unpaired) electrons. The minimum absolute atomic E-state index is 0.0187. The van der Waals surface area contributed by atoms with Gasteiger partial charge in [-0.25, -0.2) is 5.53 Å². The first-order chi connectivity index (χ1) is 8.61. The molecule has 0 aromatic heterocycles. The van der Waals surface area contributed by atoms with E-state index in [4.69, 9.17) is 0 Å². The Kier molecular flexibility index (Phi) is 4.96. The lowest BCUT2D eigenvalue weighted by Gasteiger charge is -2.35. The molecule has 0 aromatic rings. The average molecular weight is 268 g/mol. The number of ketones is 1. The summed E-state index contributed by atoms with van der Waals surface area (Å²) >= 11 is 0. The zero-order valence-electron chi connectivity index (χ0n) is 13.1. The molecule has 0 aromatic carbocycles. The molecule has 0 saturated heterocycles. The topological polar surface area (TPSA) is 65.5 Å². The number of carbonyl (C=O) groups excluding carboxylic acids is 1. The lowest BCUT2D eigenvalue weighted by Crippen LogP contribution is -2.37. The van der Waals surface area contributed by atoms with Gasteiger partial charge in [-0.05, 0) is 17.3 Å². The van der Waals surface area contributed by atoms with Crippen LogP contribution >= 0.6 is 0 Å². The standard InChI is InChI=1S/C14H28N4O/c1-10(2)11(19)7-13(3,4)9-14(5,6)8-12-15-17-18-16-12/h10,17-18H,7-9H2,1-6H3,(H,15,16). The zero-order chi connectivity index (χ0) is 14.7. The largest absolute Gasteiger partial charge is 0.299 e. The van der Waals surface area contributed by atoms with E-state index in [-0.39, 0.29) is 16.7 Å². The molecule has 3 N–H and O–H groups in total. The smallest absolute Gasteiger partial charge is 0.139 e. The number of nitrogens with zero attached hydrogens (tertiary/aromatic N) is 1. The Labute approximate surface area is 116 Å². The molecule has 0 bridgehead atoms. The van der Waals surface area contributed by atoms with Crippen LogP contribution in [0.15, 0.2) is 5.10 Å². The van der Waals surface area contributed by atoms with Gasteiger partial charge in [-0.3, -0.25) is 10.2 Å². The van der Waals surface area contributed by atoms with Crippen LogP contribution in [0.5, 0.6) is 0 Å². The highest BCUT2D eigenvalue weighted by Crippen LogP contribution is 2.39. The molecule has 5 nitrogen and oxygen atoms in total. The third-order valence-corrected chi connectivity index (χ3v) is 3.35. The maximum atomic E-state index is 11.9. The highest BCUT2D eigenvalue weighted by atomic mass is 16.1. The van der Waals surface area contributed by atoms with Crippen molar-refractivity contribution in [1.82, 2.24) is 16.5 Å². The van der Waals surface area contributed by atoms with Crippen molar-refractivity contribution in [3.8, 4) is 0 Å². The fourth-order valence-electron chi connectivity index (χ4n) is 2.86. The van der Waals surface area contributed by atoms with Crippen molar-refractivity contribution < 1.29 is 4.79 Å². The van der Waals surface area contributed by atoms with Crippen molar-refractivity contribution in [2.45, 2.75) is 60.8 Å². The molecule has 1 heterocycles. The van der Waals surface area contributed by atoms with E-state index >= 15 is 0 Å². The maximum Gasteiger partial charge on any atom is 0.139 e. The van der Waals surface area contributed by atoms with E-state index in [2.05, 4.69) is 49.3 Å². The van der Waals surface area contributed by atoms with Gasteiger partial charge in [-0.15, -0.1) is 10.6 Å². The van der Waals surface area contributed by atoms with Crippen LogP contribution in [-0.4, -0.2) is 11.6 Å². The molecule has 5 heteroatoms. The Balaban J connectivity index is 2.56. The fraction of sp³-hybridized carbons (Fsp3) is 0.857. The van der Waals surface area contributed by atoms with Crippen LogP contribution in [0.2, 0.25) is 0 Å². The van der Waals surface area contributed by atoms with E-state index in [0.717, 1.165) is 18.7 Å². The number of hydrazine groups is 2. The van der Waals surface area contributed by atoms with Crippen LogP contribution in [0, 0.1) is 16.7 Å². The van der Waals surface area contributed by atoms with Crippen LogP contribution < -0.4 is 16.5 Å². The Bertz CT molecular complexity index is 358. The molecular formula is C14H28N4O. The molecule has 0 amide bonds. The summed E-state index contributed by atoms with van der Waals surface area (Å²) in [5, 5.41) is 4.12. The van der Waals surface area contributed by atoms with Gasteiger partial charge in [-0.1, -0.05) is 41.5 Å². The first kappa shape index (κ1) is 16.0. The summed E-state index contributed by atoms with van der Waals surface area (Å²) in [4.78, 5) is 11.9. The molecule has 0 aliphatic carbocycles. The van der Waals surface area contributed by atoms with E-state index in [1.165, 1.54) is 0 Å². The monoisotopic (exact) mass is 268 g/mol. The number of carbonyl (C=O) groups is 1. The van der Waals surface area contributed by atoms with Crippen LogP contribution in [0.3, 0.4) is 0 Å². The minimum Gasteiger partial charge on any atom is -0.299 e. The van der Waals surface area contributed by atoms with Crippen molar-refractivity contribution in [1.29, 1.82) is 0 Å². The molecule has 110 valence electrons. The summed E-state index contributed by atoms with van der Waals surface area (Å²) in [5.74, 6) is 1.38. The first-order valence-electron chi connectivity index (χ1n) is 6.97. The average Bonchev–Trinajstić information content (AvgIpc) is 2.66. The van der Waals surface area contributed by atoms with Crippen molar-refractivity contribution >= 4 is 11.6 Å². The quantitative estimate of drug-likeness (QED) is 0.663. The van der Waals surface area contributed by atoms with Crippen LogP contribution in [0.1, 0.15) is 60.8 Å². The SMILES string of the molecule is CC(C)C(=O)CC(C)(C)CC(C)(C)CC1=NNNN1. The van der Waals surface area contributed by atoms with Crippen molar-refractivity contribution in [2.75, 3.05) is 0 Å². The van der Waals surface area contributed by atoms with Gasteiger partial charge in [0.1, 0.15) is 11.6 Å². The summed E-state index contributed by atoms with van der Waals surface area (Å²) in [6.45, 7) is 12.7. The zero-order valence-corrected chi connectivity index (χ0v) is 13.1. The lowest BCUT2D eigenvalue weighted by molar-refractivity contribution is -0.124. The molecule has 0 unspecified atom stereocenters. The third-order valence-electron chi connectivity index (χ3n) is 3.35. The number of hydrogen-bond acceptors (Lipinski definition) is 5. The predicted octanol–water partition coefficient (Wildman–Crippen LogP) is 2.36. The van der Waals surface area contributed by atoms with Gasteiger partial charge in [0.15, 0.2) is 0 Å². The Morgan fingerprint density at radius 1 is 1.21 bits per heavy atom. The van der Waals surface area contributed by atoms with Gasteiger partial charge in [0.25, 0.3) is 0 Å². The molecule has 0 saturated carbocycles. The van der Waals surface area contributed by atoms with Gasteiger partial charge in [-0.2, -0.15) is 0 Å². The van der Waals surface area contributed by atoms with Crippen LogP contribution in [0.25, 0.3) is 0 Å². The molecule has 0 atom stereocenters. The van der Waals surface area contributed by atoms with Crippen LogP contribution in [0.4, 0.5) is 0 Å². The second kappa shape index (κ2) is 5.90. The number of hydrazone groups is 1.